The Balaban J connectivity index is 1.97. The lowest BCUT2D eigenvalue weighted by atomic mass is 9.93. The quantitative estimate of drug-likeness (QED) is 0.752. The zero-order valence-electron chi connectivity index (χ0n) is 14.7. The molecule has 2 aromatic carbocycles. The van der Waals surface area contributed by atoms with Gasteiger partial charge < -0.3 is 10.6 Å². The smallest absolute Gasteiger partial charge is 0.257 e. The molecule has 0 heterocycles. The fraction of sp³-hybridized carbons (Fsp3) is 0.263. The van der Waals surface area contributed by atoms with Gasteiger partial charge in [-0.1, -0.05) is 26.0 Å². The van der Waals surface area contributed by atoms with Gasteiger partial charge in [-0.3, -0.25) is 9.59 Å². The number of hydrogen-bond donors (Lipinski definition) is 2. The number of halogens is 4. The number of rotatable bonds is 6. The Bertz CT molecular complexity index is 759. The molecule has 2 rings (SSSR count). The van der Waals surface area contributed by atoms with E-state index in [-0.39, 0.29) is 13.1 Å². The molecule has 2 aromatic rings. The molecule has 8 heteroatoms. The van der Waals surface area contributed by atoms with Crippen molar-refractivity contribution in [3.05, 3.63) is 70.8 Å². The van der Waals surface area contributed by atoms with Crippen molar-refractivity contribution >= 4 is 11.8 Å². The molecular weight excluding hydrogens is 364 g/mol. The van der Waals surface area contributed by atoms with E-state index in [2.05, 4.69) is 10.6 Å². The number of benzene rings is 2. The van der Waals surface area contributed by atoms with Gasteiger partial charge in [-0.2, -0.15) is 0 Å². The van der Waals surface area contributed by atoms with Gasteiger partial charge in [-0.15, -0.1) is 0 Å². The summed E-state index contributed by atoms with van der Waals surface area (Å²) in [5.74, 6) is -5.85. The monoisotopic (exact) mass is 382 g/mol. The van der Waals surface area contributed by atoms with Crippen LogP contribution in [0.2, 0.25) is 0 Å². The molecule has 0 fully saturated rings. The molecule has 0 aliphatic heterocycles. The molecule has 0 spiro atoms. The highest BCUT2D eigenvalue weighted by Crippen LogP contribution is 2.16. The maximum atomic E-state index is 13.6. The summed E-state index contributed by atoms with van der Waals surface area (Å²) >= 11 is 0. The fourth-order valence-corrected chi connectivity index (χ4v) is 2.31. The first-order valence-electron chi connectivity index (χ1n) is 8.07. The molecule has 144 valence electrons. The van der Waals surface area contributed by atoms with Gasteiger partial charge in [0.15, 0.2) is 0 Å². The zero-order chi connectivity index (χ0) is 20.2. The van der Waals surface area contributed by atoms with Crippen LogP contribution in [0.15, 0.2) is 36.4 Å². The Hall–Kier alpha value is -2.90. The molecule has 0 saturated carbocycles. The minimum atomic E-state index is -0.992. The number of amides is 2. The van der Waals surface area contributed by atoms with E-state index >= 15 is 0 Å². The van der Waals surface area contributed by atoms with Crippen LogP contribution in [0.1, 0.15) is 34.6 Å². The molecule has 0 saturated heterocycles. The van der Waals surface area contributed by atoms with Gasteiger partial charge in [0.25, 0.3) is 11.8 Å². The van der Waals surface area contributed by atoms with Gasteiger partial charge in [0.05, 0.1) is 0 Å². The van der Waals surface area contributed by atoms with E-state index in [1.54, 1.807) is 13.8 Å². The van der Waals surface area contributed by atoms with Gasteiger partial charge in [-0.25, -0.2) is 17.6 Å². The van der Waals surface area contributed by atoms with Crippen molar-refractivity contribution in [1.29, 1.82) is 0 Å². The Morgan fingerprint density at radius 3 is 1.33 bits per heavy atom. The highest BCUT2D eigenvalue weighted by molar-refractivity contribution is 5.95. The Morgan fingerprint density at radius 1 is 0.741 bits per heavy atom. The topological polar surface area (TPSA) is 58.2 Å². The lowest BCUT2D eigenvalue weighted by molar-refractivity contribution is 0.0912. The van der Waals surface area contributed by atoms with Crippen molar-refractivity contribution in [3.63, 3.8) is 0 Å². The summed E-state index contributed by atoms with van der Waals surface area (Å²) in [4.78, 5) is 24.0. The third kappa shape index (κ3) is 5.06. The first kappa shape index (κ1) is 20.4. The summed E-state index contributed by atoms with van der Waals surface area (Å²) in [5, 5.41) is 4.78. The van der Waals surface area contributed by atoms with Gasteiger partial charge in [0.1, 0.15) is 34.4 Å². The van der Waals surface area contributed by atoms with Crippen molar-refractivity contribution in [1.82, 2.24) is 10.6 Å². The largest absolute Gasteiger partial charge is 0.351 e. The molecule has 0 atom stereocenters. The molecule has 2 amide bonds. The first-order chi connectivity index (χ1) is 12.6. The fourth-order valence-electron chi connectivity index (χ4n) is 2.31. The van der Waals surface area contributed by atoms with E-state index in [0.29, 0.717) is 0 Å². The average molecular weight is 382 g/mol. The van der Waals surface area contributed by atoms with Crippen LogP contribution in [0.5, 0.6) is 0 Å². The molecule has 0 aliphatic rings. The number of hydrogen-bond acceptors (Lipinski definition) is 2. The summed E-state index contributed by atoms with van der Waals surface area (Å²) < 4.78 is 54.4. The average Bonchev–Trinajstić information content (AvgIpc) is 2.58. The van der Waals surface area contributed by atoms with Gasteiger partial charge in [0, 0.05) is 13.1 Å². The predicted molar refractivity (Wildman–Crippen MR) is 91.2 cm³/mol. The van der Waals surface area contributed by atoms with E-state index in [1.807, 2.05) is 0 Å². The molecule has 0 aromatic heterocycles. The Labute approximate surface area is 153 Å². The molecule has 4 nitrogen and oxygen atoms in total. The summed E-state index contributed by atoms with van der Waals surface area (Å²) in [6.07, 6.45) is 0. The van der Waals surface area contributed by atoms with Crippen molar-refractivity contribution in [3.8, 4) is 0 Å². The van der Waals surface area contributed by atoms with Gasteiger partial charge in [0.2, 0.25) is 0 Å². The van der Waals surface area contributed by atoms with Crippen LogP contribution in [-0.4, -0.2) is 24.9 Å². The van der Waals surface area contributed by atoms with Crippen LogP contribution in [0, 0.1) is 28.7 Å². The minimum absolute atomic E-state index is 0.0420. The summed E-state index contributed by atoms with van der Waals surface area (Å²) in [7, 11) is 0. The van der Waals surface area contributed by atoms with Crippen LogP contribution in [0.4, 0.5) is 17.6 Å². The van der Waals surface area contributed by atoms with E-state index in [0.717, 1.165) is 36.4 Å². The third-order valence-electron chi connectivity index (χ3n) is 3.83. The molecular formula is C19H18F4N2O2. The standard InChI is InChI=1S/C19H18F4N2O2/c1-19(2,9-24-17(26)15-11(20)5-3-6-12(15)21)10-25-18(27)16-13(22)7-4-8-14(16)23/h3-8H,9-10H2,1-2H3,(H,24,26)(H,25,27). The van der Waals surface area contributed by atoms with E-state index in [9.17, 15) is 27.2 Å². The number of carbonyl (C=O) groups excluding carboxylic acids is 2. The normalized spacial score (nSPS) is 11.2. The molecule has 0 radical (unpaired) electrons. The van der Waals surface area contributed by atoms with Crippen LogP contribution < -0.4 is 10.6 Å². The number of nitrogens with one attached hydrogen (secondary N) is 2. The first-order valence-corrected chi connectivity index (χ1v) is 8.07. The highest BCUT2D eigenvalue weighted by Gasteiger charge is 2.24. The van der Waals surface area contributed by atoms with Crippen LogP contribution in [0.3, 0.4) is 0 Å². The lowest BCUT2D eigenvalue weighted by Crippen LogP contribution is -2.42. The zero-order valence-corrected chi connectivity index (χ0v) is 14.7. The highest BCUT2D eigenvalue weighted by atomic mass is 19.1. The van der Waals surface area contributed by atoms with Gasteiger partial charge >= 0.3 is 0 Å². The second kappa shape index (κ2) is 8.20. The minimum Gasteiger partial charge on any atom is -0.351 e. The Morgan fingerprint density at radius 2 is 1.04 bits per heavy atom. The van der Waals surface area contributed by atoms with Crippen molar-refractivity contribution in [2.45, 2.75) is 13.8 Å². The lowest BCUT2D eigenvalue weighted by Gasteiger charge is -2.25. The summed E-state index contributed by atoms with van der Waals surface area (Å²) in [6.45, 7) is 3.23. The molecule has 0 bridgehead atoms. The van der Waals surface area contributed by atoms with Crippen LogP contribution >= 0.6 is 0 Å². The van der Waals surface area contributed by atoms with E-state index in [1.165, 1.54) is 0 Å². The summed E-state index contributed by atoms with van der Waals surface area (Å²) in [6, 6.07) is 6.14. The van der Waals surface area contributed by atoms with E-state index in [4.69, 9.17) is 0 Å². The summed E-state index contributed by atoms with van der Waals surface area (Å²) in [5.41, 5.74) is -2.16. The predicted octanol–water partition coefficient (Wildman–Crippen LogP) is 3.43. The maximum Gasteiger partial charge on any atom is 0.257 e. The van der Waals surface area contributed by atoms with Crippen molar-refractivity contribution in [2.24, 2.45) is 5.41 Å². The Kier molecular flexibility index (Phi) is 6.20. The number of carbonyl (C=O) groups is 2. The van der Waals surface area contributed by atoms with Crippen LogP contribution in [0.25, 0.3) is 0 Å². The molecule has 27 heavy (non-hydrogen) atoms. The maximum absolute atomic E-state index is 13.6. The molecule has 0 aliphatic carbocycles. The third-order valence-corrected chi connectivity index (χ3v) is 3.83. The second-order valence-electron chi connectivity index (χ2n) is 6.72. The second-order valence-corrected chi connectivity index (χ2v) is 6.72. The van der Waals surface area contributed by atoms with Crippen molar-refractivity contribution < 1.29 is 27.2 Å². The van der Waals surface area contributed by atoms with Crippen LogP contribution in [-0.2, 0) is 0 Å². The SMILES string of the molecule is CC(C)(CNC(=O)c1c(F)cccc1F)CNC(=O)c1c(F)cccc1F. The molecule has 0 unspecified atom stereocenters. The van der Waals surface area contributed by atoms with Crippen molar-refractivity contribution in [2.75, 3.05) is 13.1 Å². The molecule has 2 N–H and O–H groups in total. The van der Waals surface area contributed by atoms with Gasteiger partial charge in [-0.05, 0) is 29.7 Å². The van der Waals surface area contributed by atoms with E-state index < -0.39 is 51.6 Å².